The molecule has 20 heavy (non-hydrogen) atoms. The third-order valence-corrected chi connectivity index (χ3v) is 3.24. The molecule has 0 atom stereocenters. The molecular weight excluding hydrogens is 254 g/mol. The third kappa shape index (κ3) is 2.56. The summed E-state index contributed by atoms with van der Waals surface area (Å²) in [5, 5.41) is 10.8. The summed E-state index contributed by atoms with van der Waals surface area (Å²) in [5.41, 5.74) is 8.95. The highest BCUT2D eigenvalue weighted by Crippen LogP contribution is 2.32. The second-order valence-electron chi connectivity index (χ2n) is 4.53. The van der Waals surface area contributed by atoms with Crippen molar-refractivity contribution >= 4 is 22.7 Å². The number of benzene rings is 2. The second kappa shape index (κ2) is 5.61. The molecule has 2 aromatic rings. The highest BCUT2D eigenvalue weighted by atomic mass is 16.6. The molecule has 2 rings (SSSR count). The number of nitrogen functional groups attached to an aromatic ring is 1. The molecule has 0 heterocycles. The Morgan fingerprint density at radius 2 is 1.95 bits per heavy atom. The maximum Gasteiger partial charge on any atom is 0.292 e. The number of anilines is 3. The molecule has 2 N–H and O–H groups in total. The summed E-state index contributed by atoms with van der Waals surface area (Å²) >= 11 is 0. The number of hydrogen-bond donors (Lipinski definition) is 1. The lowest BCUT2D eigenvalue weighted by molar-refractivity contribution is -0.383. The minimum Gasteiger partial charge on any atom is -0.393 e. The second-order valence-corrected chi connectivity index (χ2v) is 4.53. The predicted octanol–water partition coefficient (Wildman–Crippen LogP) is 3.64. The molecule has 0 aliphatic rings. The molecule has 0 amide bonds. The van der Waals surface area contributed by atoms with Gasteiger partial charge in [0.1, 0.15) is 5.69 Å². The zero-order chi connectivity index (χ0) is 14.7. The van der Waals surface area contributed by atoms with Gasteiger partial charge in [0.2, 0.25) is 0 Å². The Morgan fingerprint density at radius 1 is 1.25 bits per heavy atom. The SMILES string of the molecule is CCN(c1ccc([N+](=O)[O-])c(N)c1)c1ccccc1C. The predicted molar refractivity (Wildman–Crippen MR) is 81.4 cm³/mol. The fraction of sp³-hybridized carbons (Fsp3) is 0.200. The minimum atomic E-state index is -0.469. The van der Waals surface area contributed by atoms with E-state index in [1.54, 1.807) is 12.1 Å². The van der Waals surface area contributed by atoms with Crippen LogP contribution >= 0.6 is 0 Å². The van der Waals surface area contributed by atoms with Gasteiger partial charge in [-0.15, -0.1) is 0 Å². The van der Waals surface area contributed by atoms with Gasteiger partial charge >= 0.3 is 0 Å². The molecule has 104 valence electrons. The van der Waals surface area contributed by atoms with E-state index in [0.717, 1.165) is 23.5 Å². The van der Waals surface area contributed by atoms with Gasteiger partial charge < -0.3 is 10.6 Å². The first kappa shape index (κ1) is 13.9. The molecule has 2 aromatic carbocycles. The summed E-state index contributed by atoms with van der Waals surface area (Å²) in [6.07, 6.45) is 0. The van der Waals surface area contributed by atoms with Crippen molar-refractivity contribution in [2.24, 2.45) is 0 Å². The van der Waals surface area contributed by atoms with Gasteiger partial charge in [0.25, 0.3) is 5.69 Å². The largest absolute Gasteiger partial charge is 0.393 e. The van der Waals surface area contributed by atoms with E-state index in [1.807, 2.05) is 38.1 Å². The third-order valence-electron chi connectivity index (χ3n) is 3.24. The molecule has 0 saturated heterocycles. The van der Waals surface area contributed by atoms with E-state index in [1.165, 1.54) is 6.07 Å². The van der Waals surface area contributed by atoms with E-state index in [2.05, 4.69) is 4.90 Å². The van der Waals surface area contributed by atoms with E-state index < -0.39 is 4.92 Å². The van der Waals surface area contributed by atoms with Crippen LogP contribution in [0.15, 0.2) is 42.5 Å². The molecule has 0 aromatic heterocycles. The van der Waals surface area contributed by atoms with Crippen LogP contribution in [0.3, 0.4) is 0 Å². The van der Waals surface area contributed by atoms with Crippen LogP contribution in [-0.2, 0) is 0 Å². The smallest absolute Gasteiger partial charge is 0.292 e. The Bertz CT molecular complexity index is 641. The van der Waals surface area contributed by atoms with E-state index in [9.17, 15) is 10.1 Å². The van der Waals surface area contributed by atoms with Crippen LogP contribution in [0.4, 0.5) is 22.7 Å². The molecule has 0 fully saturated rings. The van der Waals surface area contributed by atoms with Crippen LogP contribution in [0.5, 0.6) is 0 Å². The lowest BCUT2D eigenvalue weighted by Crippen LogP contribution is -2.17. The Balaban J connectivity index is 2.46. The maximum atomic E-state index is 10.8. The Kier molecular flexibility index (Phi) is 3.89. The summed E-state index contributed by atoms with van der Waals surface area (Å²) in [6, 6.07) is 12.8. The van der Waals surface area contributed by atoms with Gasteiger partial charge in [0.15, 0.2) is 0 Å². The highest BCUT2D eigenvalue weighted by Gasteiger charge is 2.15. The molecule has 0 aliphatic carbocycles. The van der Waals surface area contributed by atoms with Gasteiger partial charge in [-0.3, -0.25) is 10.1 Å². The Labute approximate surface area is 117 Å². The number of aryl methyl sites for hydroxylation is 1. The van der Waals surface area contributed by atoms with Crippen LogP contribution in [0.25, 0.3) is 0 Å². The van der Waals surface area contributed by atoms with Gasteiger partial charge in [0.05, 0.1) is 4.92 Å². The highest BCUT2D eigenvalue weighted by molar-refractivity contribution is 5.72. The number of nitrogens with two attached hydrogens (primary N) is 1. The van der Waals surface area contributed by atoms with Crippen molar-refractivity contribution in [3.05, 3.63) is 58.1 Å². The zero-order valence-corrected chi connectivity index (χ0v) is 11.5. The molecule has 5 heteroatoms. The van der Waals surface area contributed by atoms with E-state index in [-0.39, 0.29) is 11.4 Å². The first-order valence-electron chi connectivity index (χ1n) is 6.41. The van der Waals surface area contributed by atoms with Crippen LogP contribution in [-0.4, -0.2) is 11.5 Å². The number of nitro groups is 1. The summed E-state index contributed by atoms with van der Waals surface area (Å²) in [6.45, 7) is 4.82. The molecule has 0 unspecified atom stereocenters. The van der Waals surface area contributed by atoms with Crippen molar-refractivity contribution < 1.29 is 4.92 Å². The van der Waals surface area contributed by atoms with Crippen molar-refractivity contribution in [3.8, 4) is 0 Å². The summed E-state index contributed by atoms with van der Waals surface area (Å²) < 4.78 is 0. The lowest BCUT2D eigenvalue weighted by atomic mass is 10.1. The fourth-order valence-electron chi connectivity index (χ4n) is 2.23. The molecule has 0 aliphatic heterocycles. The Morgan fingerprint density at radius 3 is 2.50 bits per heavy atom. The van der Waals surface area contributed by atoms with E-state index >= 15 is 0 Å². The average molecular weight is 271 g/mol. The normalized spacial score (nSPS) is 10.3. The number of rotatable bonds is 4. The number of nitrogens with zero attached hydrogens (tertiary/aromatic N) is 2. The average Bonchev–Trinajstić information content (AvgIpc) is 2.41. The van der Waals surface area contributed by atoms with Crippen LogP contribution in [0.1, 0.15) is 12.5 Å². The molecule has 0 bridgehead atoms. The van der Waals surface area contributed by atoms with Crippen LogP contribution < -0.4 is 10.6 Å². The minimum absolute atomic E-state index is 0.0606. The number of para-hydroxylation sites is 1. The topological polar surface area (TPSA) is 72.4 Å². The number of hydrogen-bond acceptors (Lipinski definition) is 4. The van der Waals surface area contributed by atoms with Crippen molar-refractivity contribution in [3.63, 3.8) is 0 Å². The van der Waals surface area contributed by atoms with Crippen molar-refractivity contribution in [2.45, 2.75) is 13.8 Å². The van der Waals surface area contributed by atoms with Crippen molar-refractivity contribution in [1.29, 1.82) is 0 Å². The standard InChI is InChI=1S/C15H17N3O2/c1-3-17(14-7-5-4-6-11(14)2)12-8-9-15(18(19)20)13(16)10-12/h4-10H,3,16H2,1-2H3. The van der Waals surface area contributed by atoms with Gasteiger partial charge in [-0.25, -0.2) is 0 Å². The first-order chi connectivity index (χ1) is 9.54. The first-order valence-corrected chi connectivity index (χ1v) is 6.41. The summed E-state index contributed by atoms with van der Waals surface area (Å²) in [5.74, 6) is 0. The molecule has 0 saturated carbocycles. The van der Waals surface area contributed by atoms with E-state index in [4.69, 9.17) is 5.73 Å². The van der Waals surface area contributed by atoms with E-state index in [0.29, 0.717) is 0 Å². The Hall–Kier alpha value is -2.56. The molecule has 0 radical (unpaired) electrons. The van der Waals surface area contributed by atoms with Crippen molar-refractivity contribution in [1.82, 2.24) is 0 Å². The monoisotopic (exact) mass is 271 g/mol. The molecule has 0 spiro atoms. The molecule has 5 nitrogen and oxygen atoms in total. The van der Waals surface area contributed by atoms with Crippen LogP contribution in [0, 0.1) is 17.0 Å². The van der Waals surface area contributed by atoms with Crippen LogP contribution in [0.2, 0.25) is 0 Å². The van der Waals surface area contributed by atoms with Gasteiger partial charge in [0, 0.05) is 24.0 Å². The van der Waals surface area contributed by atoms with Gasteiger partial charge in [-0.1, -0.05) is 18.2 Å². The number of nitro benzene ring substituents is 1. The fourth-order valence-corrected chi connectivity index (χ4v) is 2.23. The van der Waals surface area contributed by atoms with Crippen molar-refractivity contribution in [2.75, 3.05) is 17.2 Å². The lowest BCUT2D eigenvalue weighted by Gasteiger charge is -2.25. The van der Waals surface area contributed by atoms with Gasteiger partial charge in [-0.2, -0.15) is 0 Å². The summed E-state index contributed by atoms with van der Waals surface area (Å²) in [4.78, 5) is 12.4. The maximum absolute atomic E-state index is 10.8. The summed E-state index contributed by atoms with van der Waals surface area (Å²) in [7, 11) is 0. The molecular formula is C15H17N3O2. The quantitative estimate of drug-likeness (QED) is 0.523. The van der Waals surface area contributed by atoms with Gasteiger partial charge in [-0.05, 0) is 37.6 Å². The zero-order valence-electron chi connectivity index (χ0n) is 11.5.